The molecule has 0 unspecified atom stereocenters. The largest absolute Gasteiger partial charge is 0.298 e. The molecule has 1 aromatic rings. The molecule has 2 saturated heterocycles. The van der Waals surface area contributed by atoms with Crippen molar-refractivity contribution >= 4 is 23.2 Å². The summed E-state index contributed by atoms with van der Waals surface area (Å²) in [6.45, 7) is 4.68. The molecule has 0 aromatic heterocycles. The smallest absolute Gasteiger partial charge is 0.0465 e. The molecule has 0 bridgehead atoms. The number of rotatable bonds is 3. The molecule has 0 spiro atoms. The second-order valence-corrected chi connectivity index (χ2v) is 8.68. The van der Waals surface area contributed by atoms with E-state index in [0.29, 0.717) is 6.04 Å². The molecule has 0 N–H and O–H groups in total. The maximum Gasteiger partial charge on any atom is 0.0465 e. The summed E-state index contributed by atoms with van der Waals surface area (Å²) in [5.74, 6) is 0.871. The Labute approximate surface area is 156 Å². The quantitative estimate of drug-likeness (QED) is 0.723. The highest BCUT2D eigenvalue weighted by Gasteiger charge is 2.42. The fraction of sp³-hybridized carbons (Fsp3) is 0.700. The van der Waals surface area contributed by atoms with Gasteiger partial charge in [0.05, 0.1) is 0 Å². The highest BCUT2D eigenvalue weighted by Crippen LogP contribution is 2.38. The van der Waals surface area contributed by atoms with Gasteiger partial charge in [-0.05, 0) is 55.8 Å². The van der Waals surface area contributed by atoms with Crippen molar-refractivity contribution in [2.45, 2.75) is 63.6 Å². The molecule has 4 heteroatoms. The van der Waals surface area contributed by atoms with Gasteiger partial charge in [-0.3, -0.25) is 9.80 Å². The summed E-state index contributed by atoms with van der Waals surface area (Å²) in [7, 11) is 0. The molecule has 1 aliphatic carbocycles. The molecule has 2 aliphatic heterocycles. The highest BCUT2D eigenvalue weighted by atomic mass is 35.5. The molecule has 132 valence electrons. The molecule has 1 aromatic carbocycles. The number of fused-ring (bicyclic) bond motifs is 1. The van der Waals surface area contributed by atoms with Crippen LogP contribution in [0.2, 0.25) is 10.0 Å². The van der Waals surface area contributed by atoms with Crippen molar-refractivity contribution in [3.8, 4) is 0 Å². The van der Waals surface area contributed by atoms with E-state index in [-0.39, 0.29) is 0 Å². The minimum absolute atomic E-state index is 0.716. The molecular formula is C20H28Cl2N2. The van der Waals surface area contributed by atoms with Crippen LogP contribution in [0, 0.1) is 5.92 Å². The average molecular weight is 367 g/mol. The molecule has 3 aliphatic rings. The second-order valence-electron chi connectivity index (χ2n) is 7.84. The van der Waals surface area contributed by atoms with Gasteiger partial charge in [-0.2, -0.15) is 0 Å². The monoisotopic (exact) mass is 366 g/mol. The van der Waals surface area contributed by atoms with E-state index >= 15 is 0 Å². The van der Waals surface area contributed by atoms with Crippen LogP contribution in [0.1, 0.15) is 50.5 Å². The predicted molar refractivity (Wildman–Crippen MR) is 102 cm³/mol. The van der Waals surface area contributed by atoms with Gasteiger partial charge in [0.1, 0.15) is 0 Å². The van der Waals surface area contributed by atoms with Crippen LogP contribution in [0.3, 0.4) is 0 Å². The van der Waals surface area contributed by atoms with Crippen LogP contribution in [-0.2, 0) is 6.54 Å². The lowest BCUT2D eigenvalue weighted by atomic mass is 9.78. The number of benzene rings is 1. The minimum atomic E-state index is 0.716. The Hall–Kier alpha value is -0.280. The number of halogens is 2. The number of hydrogen-bond acceptors (Lipinski definition) is 2. The van der Waals surface area contributed by atoms with Crippen molar-refractivity contribution < 1.29 is 0 Å². The summed E-state index contributed by atoms with van der Waals surface area (Å²) in [6, 6.07) is 7.47. The van der Waals surface area contributed by atoms with Gasteiger partial charge < -0.3 is 0 Å². The lowest BCUT2D eigenvalue weighted by molar-refractivity contribution is -0.00378. The summed E-state index contributed by atoms with van der Waals surface area (Å²) in [6.07, 6.45) is 9.86. The first-order chi connectivity index (χ1) is 11.7. The predicted octanol–water partition coefficient (Wildman–Crippen LogP) is 5.22. The average Bonchev–Trinajstić information content (AvgIpc) is 3.06. The van der Waals surface area contributed by atoms with Gasteiger partial charge in [0.15, 0.2) is 0 Å². The molecular weight excluding hydrogens is 339 g/mol. The maximum atomic E-state index is 6.47. The van der Waals surface area contributed by atoms with Gasteiger partial charge in [0, 0.05) is 41.8 Å². The van der Waals surface area contributed by atoms with Crippen LogP contribution in [0.15, 0.2) is 18.2 Å². The van der Waals surface area contributed by atoms with E-state index in [1.165, 1.54) is 70.1 Å². The lowest BCUT2D eigenvalue weighted by Crippen LogP contribution is -2.59. The van der Waals surface area contributed by atoms with Gasteiger partial charge in [-0.25, -0.2) is 0 Å². The third kappa shape index (κ3) is 3.49. The molecule has 2 heterocycles. The van der Waals surface area contributed by atoms with E-state index in [1.54, 1.807) is 0 Å². The van der Waals surface area contributed by atoms with Crippen LogP contribution in [0.4, 0.5) is 0 Å². The zero-order chi connectivity index (χ0) is 16.5. The molecule has 0 radical (unpaired) electrons. The zero-order valence-electron chi connectivity index (χ0n) is 14.4. The molecule has 4 rings (SSSR count). The standard InChI is InChI=1S/C20H28Cl2N2/c21-17-9-8-16(18(22)13-17)14-24-12-11-23-10-4-7-19(23)20(24)15-5-2-1-3-6-15/h8-9,13,15,19-20H,1-7,10-12,14H2/t19-,20+/m1/s1. The summed E-state index contributed by atoms with van der Waals surface area (Å²) in [5.41, 5.74) is 1.23. The fourth-order valence-corrected chi connectivity index (χ4v) is 5.78. The Kier molecular flexibility index (Phi) is 5.38. The molecule has 0 amide bonds. The van der Waals surface area contributed by atoms with E-state index < -0.39 is 0 Å². The third-order valence-electron chi connectivity index (χ3n) is 6.43. The first-order valence-corrected chi connectivity index (χ1v) is 10.4. The Morgan fingerprint density at radius 1 is 0.917 bits per heavy atom. The molecule has 24 heavy (non-hydrogen) atoms. The van der Waals surface area contributed by atoms with Crippen LogP contribution in [0.5, 0.6) is 0 Å². The normalized spacial score (nSPS) is 29.8. The zero-order valence-corrected chi connectivity index (χ0v) is 15.9. The van der Waals surface area contributed by atoms with Crippen LogP contribution in [-0.4, -0.2) is 41.5 Å². The van der Waals surface area contributed by atoms with E-state index in [2.05, 4.69) is 15.9 Å². The van der Waals surface area contributed by atoms with Crippen molar-refractivity contribution in [2.24, 2.45) is 5.92 Å². The lowest BCUT2D eigenvalue weighted by Gasteiger charge is -2.49. The van der Waals surface area contributed by atoms with Crippen LogP contribution in [0.25, 0.3) is 0 Å². The first-order valence-electron chi connectivity index (χ1n) is 9.64. The van der Waals surface area contributed by atoms with Gasteiger partial charge in [0.2, 0.25) is 0 Å². The van der Waals surface area contributed by atoms with Crippen molar-refractivity contribution in [3.05, 3.63) is 33.8 Å². The molecule has 1 saturated carbocycles. The van der Waals surface area contributed by atoms with Gasteiger partial charge in [-0.1, -0.05) is 48.5 Å². The maximum absolute atomic E-state index is 6.47. The van der Waals surface area contributed by atoms with Gasteiger partial charge >= 0.3 is 0 Å². The number of piperazine rings is 1. The highest BCUT2D eigenvalue weighted by molar-refractivity contribution is 6.35. The summed E-state index contributed by atoms with van der Waals surface area (Å²) < 4.78 is 0. The van der Waals surface area contributed by atoms with Crippen molar-refractivity contribution in [1.82, 2.24) is 9.80 Å². The molecule has 3 fully saturated rings. The number of hydrogen-bond donors (Lipinski definition) is 0. The summed E-state index contributed by atoms with van der Waals surface area (Å²) in [4.78, 5) is 5.51. The number of nitrogens with zero attached hydrogens (tertiary/aromatic N) is 2. The van der Waals surface area contributed by atoms with Gasteiger partial charge in [0.25, 0.3) is 0 Å². The summed E-state index contributed by atoms with van der Waals surface area (Å²) >= 11 is 12.6. The van der Waals surface area contributed by atoms with E-state index in [4.69, 9.17) is 23.2 Å². The molecule has 2 atom stereocenters. The Morgan fingerprint density at radius 2 is 1.75 bits per heavy atom. The third-order valence-corrected chi connectivity index (χ3v) is 7.01. The first kappa shape index (κ1) is 17.1. The molecule has 2 nitrogen and oxygen atoms in total. The topological polar surface area (TPSA) is 6.48 Å². The van der Waals surface area contributed by atoms with Crippen molar-refractivity contribution in [2.75, 3.05) is 19.6 Å². The SMILES string of the molecule is Clc1ccc(CN2CCN3CCC[C@@H]3[C@@H]2C2CCCCC2)c(Cl)c1. The van der Waals surface area contributed by atoms with E-state index in [0.717, 1.165) is 28.5 Å². The van der Waals surface area contributed by atoms with E-state index in [9.17, 15) is 0 Å². The van der Waals surface area contributed by atoms with Gasteiger partial charge in [-0.15, -0.1) is 0 Å². The van der Waals surface area contributed by atoms with Crippen LogP contribution < -0.4 is 0 Å². The van der Waals surface area contributed by atoms with Crippen LogP contribution >= 0.6 is 23.2 Å². The Balaban J connectivity index is 1.56. The van der Waals surface area contributed by atoms with Crippen molar-refractivity contribution in [1.29, 1.82) is 0 Å². The Bertz CT molecular complexity index is 571. The van der Waals surface area contributed by atoms with Crippen molar-refractivity contribution in [3.63, 3.8) is 0 Å². The summed E-state index contributed by atoms with van der Waals surface area (Å²) in [5, 5.41) is 1.55. The fourth-order valence-electron chi connectivity index (χ4n) is 5.31. The minimum Gasteiger partial charge on any atom is -0.298 e. The van der Waals surface area contributed by atoms with E-state index in [1.807, 2.05) is 12.1 Å². The Morgan fingerprint density at radius 3 is 2.54 bits per heavy atom. The second kappa shape index (κ2) is 7.53.